The quantitative estimate of drug-likeness (QED) is 0.702. The molecule has 0 aliphatic carbocycles. The van der Waals surface area contributed by atoms with Crippen molar-refractivity contribution in [2.45, 2.75) is 18.4 Å². The van der Waals surface area contributed by atoms with Crippen molar-refractivity contribution in [3.63, 3.8) is 0 Å². The van der Waals surface area contributed by atoms with Crippen LogP contribution in [-0.2, 0) is 7.80 Å². The van der Waals surface area contributed by atoms with Gasteiger partial charge in [-0.1, -0.05) is 0 Å². The summed E-state index contributed by atoms with van der Waals surface area (Å²) in [6, 6.07) is 1.47. The summed E-state index contributed by atoms with van der Waals surface area (Å²) in [6.45, 7) is 0.228. The summed E-state index contributed by atoms with van der Waals surface area (Å²) in [6.07, 6.45) is -0.691. The first-order chi connectivity index (χ1) is 7.63. The molecule has 0 bridgehead atoms. The molecular formula is C8H10IN3O4. The summed E-state index contributed by atoms with van der Waals surface area (Å²) in [5, 5.41) is 9.82. The minimum Gasteiger partial charge on any atom is -0.386 e. The second-order valence-electron chi connectivity index (χ2n) is 3.38. The SMILES string of the molecule is Nc1ccn([C@@H]2OC[C@H](OI)[C@H]2O)c(=O)n1. The molecule has 1 aliphatic rings. The van der Waals surface area contributed by atoms with Crippen LogP contribution in [0.5, 0.6) is 0 Å². The van der Waals surface area contributed by atoms with Crippen molar-refractivity contribution in [1.29, 1.82) is 0 Å². The van der Waals surface area contributed by atoms with E-state index in [1.807, 2.05) is 0 Å². The van der Waals surface area contributed by atoms with Crippen LogP contribution in [0, 0.1) is 0 Å². The number of hydrogen-bond donors (Lipinski definition) is 2. The largest absolute Gasteiger partial charge is 0.386 e. The molecule has 0 amide bonds. The molecule has 2 rings (SSSR count). The highest BCUT2D eigenvalue weighted by Gasteiger charge is 2.38. The number of nitrogens with two attached hydrogens (primary N) is 1. The van der Waals surface area contributed by atoms with Gasteiger partial charge in [-0.05, 0) is 6.07 Å². The Morgan fingerprint density at radius 3 is 3.06 bits per heavy atom. The lowest BCUT2D eigenvalue weighted by molar-refractivity contribution is -0.0166. The molecule has 1 saturated heterocycles. The van der Waals surface area contributed by atoms with Gasteiger partial charge < -0.3 is 18.6 Å². The number of halogens is 1. The van der Waals surface area contributed by atoms with Crippen molar-refractivity contribution < 1.29 is 12.9 Å². The summed E-state index contributed by atoms with van der Waals surface area (Å²) >= 11 is 1.69. The Morgan fingerprint density at radius 1 is 1.75 bits per heavy atom. The van der Waals surface area contributed by atoms with Gasteiger partial charge in [-0.25, -0.2) is 4.79 Å². The summed E-state index contributed by atoms with van der Waals surface area (Å²) in [5.41, 5.74) is 4.80. The first-order valence-corrected chi connectivity index (χ1v) is 5.43. The number of ether oxygens (including phenoxy) is 1. The second-order valence-corrected chi connectivity index (χ2v) is 3.89. The molecule has 1 aliphatic heterocycles. The van der Waals surface area contributed by atoms with Crippen LogP contribution in [0.3, 0.4) is 0 Å². The molecule has 0 saturated carbocycles. The highest BCUT2D eigenvalue weighted by molar-refractivity contribution is 14.1. The molecule has 2 heterocycles. The zero-order chi connectivity index (χ0) is 11.7. The van der Waals surface area contributed by atoms with E-state index >= 15 is 0 Å². The second kappa shape index (κ2) is 4.65. The van der Waals surface area contributed by atoms with E-state index in [4.69, 9.17) is 13.5 Å². The van der Waals surface area contributed by atoms with Crippen molar-refractivity contribution in [3.05, 3.63) is 22.7 Å². The molecule has 88 valence electrons. The summed E-state index contributed by atoms with van der Waals surface area (Å²) in [4.78, 5) is 15.1. The maximum atomic E-state index is 11.5. The lowest BCUT2D eigenvalue weighted by atomic mass is 10.2. The van der Waals surface area contributed by atoms with Gasteiger partial charge in [-0.2, -0.15) is 4.98 Å². The Kier molecular flexibility index (Phi) is 3.42. The predicted molar refractivity (Wildman–Crippen MR) is 62.8 cm³/mol. The van der Waals surface area contributed by atoms with E-state index in [2.05, 4.69) is 4.98 Å². The lowest BCUT2D eigenvalue weighted by Crippen LogP contribution is -2.35. The fraction of sp³-hybridized carbons (Fsp3) is 0.500. The third-order valence-electron chi connectivity index (χ3n) is 2.34. The Balaban J connectivity index is 2.29. The highest BCUT2D eigenvalue weighted by Crippen LogP contribution is 2.25. The average molecular weight is 339 g/mol. The molecule has 3 N–H and O–H groups in total. The van der Waals surface area contributed by atoms with E-state index in [-0.39, 0.29) is 12.4 Å². The number of aliphatic hydroxyl groups excluding tert-OH is 1. The van der Waals surface area contributed by atoms with Crippen LogP contribution in [0.25, 0.3) is 0 Å². The Bertz CT molecular complexity index is 438. The van der Waals surface area contributed by atoms with E-state index in [0.29, 0.717) is 0 Å². The molecule has 0 radical (unpaired) electrons. The minimum absolute atomic E-state index is 0.135. The van der Waals surface area contributed by atoms with E-state index in [9.17, 15) is 9.90 Å². The fourth-order valence-electron chi connectivity index (χ4n) is 1.52. The van der Waals surface area contributed by atoms with Crippen LogP contribution in [0.1, 0.15) is 6.23 Å². The molecule has 0 unspecified atom stereocenters. The molecular weight excluding hydrogens is 329 g/mol. The Hall–Kier alpha value is -0.710. The van der Waals surface area contributed by atoms with E-state index in [1.54, 1.807) is 23.0 Å². The van der Waals surface area contributed by atoms with Crippen LogP contribution < -0.4 is 11.4 Å². The fourth-order valence-corrected chi connectivity index (χ4v) is 1.96. The Labute approximate surface area is 105 Å². The minimum atomic E-state index is -0.903. The number of hydrogen-bond acceptors (Lipinski definition) is 6. The van der Waals surface area contributed by atoms with Crippen molar-refractivity contribution in [1.82, 2.24) is 9.55 Å². The van der Waals surface area contributed by atoms with E-state index in [1.165, 1.54) is 16.8 Å². The number of nitrogen functional groups attached to an aromatic ring is 1. The third-order valence-corrected chi connectivity index (χ3v) is 3.00. The van der Waals surface area contributed by atoms with Crippen LogP contribution in [0.15, 0.2) is 17.1 Å². The number of nitrogens with zero attached hydrogens (tertiary/aromatic N) is 2. The monoisotopic (exact) mass is 339 g/mol. The first-order valence-electron chi connectivity index (χ1n) is 4.55. The summed E-state index contributed by atoms with van der Waals surface area (Å²) in [5.74, 6) is 0.135. The van der Waals surface area contributed by atoms with Gasteiger partial charge in [0, 0.05) is 6.20 Å². The molecule has 1 aromatic rings. The van der Waals surface area contributed by atoms with Crippen molar-refractivity contribution in [2.24, 2.45) is 0 Å². The molecule has 8 heteroatoms. The van der Waals surface area contributed by atoms with Crippen LogP contribution in [0.4, 0.5) is 5.82 Å². The normalized spacial score (nSPS) is 29.5. The number of anilines is 1. The van der Waals surface area contributed by atoms with Crippen molar-refractivity contribution >= 4 is 28.8 Å². The molecule has 1 aromatic heterocycles. The van der Waals surface area contributed by atoms with E-state index in [0.717, 1.165) is 0 Å². The highest BCUT2D eigenvalue weighted by atomic mass is 127. The van der Waals surface area contributed by atoms with Gasteiger partial charge in [0.05, 0.1) is 6.61 Å². The van der Waals surface area contributed by atoms with Crippen LogP contribution >= 0.6 is 23.0 Å². The third kappa shape index (κ3) is 2.05. The zero-order valence-electron chi connectivity index (χ0n) is 8.12. The molecule has 7 nitrogen and oxygen atoms in total. The van der Waals surface area contributed by atoms with E-state index < -0.39 is 24.1 Å². The number of aromatic nitrogens is 2. The van der Waals surface area contributed by atoms with Gasteiger partial charge in [0.25, 0.3) is 0 Å². The molecule has 3 atom stereocenters. The number of aliphatic hydroxyl groups is 1. The average Bonchev–Trinajstić information content (AvgIpc) is 2.60. The van der Waals surface area contributed by atoms with Crippen molar-refractivity contribution in [3.8, 4) is 0 Å². The topological polar surface area (TPSA) is 99.6 Å². The molecule has 0 spiro atoms. The first kappa shape index (κ1) is 11.8. The Morgan fingerprint density at radius 2 is 2.50 bits per heavy atom. The zero-order valence-corrected chi connectivity index (χ0v) is 10.3. The van der Waals surface area contributed by atoms with Gasteiger partial charge in [0.1, 0.15) is 41.0 Å². The maximum absolute atomic E-state index is 11.5. The molecule has 1 fully saturated rings. The maximum Gasteiger partial charge on any atom is 0.351 e. The summed E-state index contributed by atoms with van der Waals surface area (Å²) in [7, 11) is 0. The molecule has 0 aromatic carbocycles. The number of rotatable bonds is 2. The smallest absolute Gasteiger partial charge is 0.351 e. The van der Waals surface area contributed by atoms with Gasteiger partial charge in [0.2, 0.25) is 0 Å². The van der Waals surface area contributed by atoms with Crippen molar-refractivity contribution in [2.75, 3.05) is 12.3 Å². The van der Waals surface area contributed by atoms with Crippen LogP contribution in [-0.4, -0.2) is 33.5 Å². The summed E-state index contributed by atoms with van der Waals surface area (Å²) < 4.78 is 11.4. The molecule has 16 heavy (non-hydrogen) atoms. The van der Waals surface area contributed by atoms with Crippen LogP contribution in [0.2, 0.25) is 0 Å². The van der Waals surface area contributed by atoms with Gasteiger partial charge in [-0.3, -0.25) is 4.57 Å². The lowest BCUT2D eigenvalue weighted by Gasteiger charge is -2.17. The predicted octanol–water partition coefficient (Wildman–Crippen LogP) is -0.550. The van der Waals surface area contributed by atoms with Gasteiger partial charge in [-0.15, -0.1) is 0 Å². The van der Waals surface area contributed by atoms with Gasteiger partial charge >= 0.3 is 5.69 Å². The standard InChI is InChI=1S/C8H10IN3O4/c9-16-4-3-15-7(6(4)13)12-2-1-5(10)11-8(12)14/h1-2,4,6-7,13H,3H2,(H2,10,11,14)/t4-,6+,7+/m0/s1. The van der Waals surface area contributed by atoms with Gasteiger partial charge in [0.15, 0.2) is 6.23 Å².